The van der Waals surface area contributed by atoms with Crippen LogP contribution in [0.25, 0.3) is 0 Å². The lowest BCUT2D eigenvalue weighted by Gasteiger charge is -2.26. The molecule has 1 atom stereocenters. The fourth-order valence-electron chi connectivity index (χ4n) is 3.22. The molecule has 4 nitrogen and oxygen atoms in total. The Kier molecular flexibility index (Phi) is 3.26. The summed E-state index contributed by atoms with van der Waals surface area (Å²) in [5.41, 5.74) is 1.81. The smallest absolute Gasteiger partial charge is 0.306 e. The van der Waals surface area contributed by atoms with Gasteiger partial charge in [-0.05, 0) is 25.7 Å². The third kappa shape index (κ3) is 2.55. The molecule has 110 valence electrons. The number of aryl methyl sites for hydroxylation is 1. The maximum Gasteiger partial charge on any atom is 0.306 e. The number of hydrogen-bond donors (Lipinski definition) is 2. The Morgan fingerprint density at radius 2 is 2.00 bits per heavy atom. The molecule has 1 saturated carbocycles. The lowest BCUT2D eigenvalue weighted by Crippen LogP contribution is -2.24. The number of halogens is 2. The fourth-order valence-corrected chi connectivity index (χ4v) is 3.22. The molecule has 1 heterocycles. The first-order chi connectivity index (χ1) is 9.44. The lowest BCUT2D eigenvalue weighted by atomic mass is 9.86. The molecule has 0 bridgehead atoms. The van der Waals surface area contributed by atoms with Crippen LogP contribution in [0.15, 0.2) is 0 Å². The summed E-state index contributed by atoms with van der Waals surface area (Å²) in [5, 5.41) is 9.06. The third-order valence-electron chi connectivity index (χ3n) is 4.52. The summed E-state index contributed by atoms with van der Waals surface area (Å²) in [4.78, 5) is 18.7. The van der Waals surface area contributed by atoms with Gasteiger partial charge < -0.3 is 10.1 Å². The minimum Gasteiger partial charge on any atom is -0.481 e. The number of carbonyl (C=O) groups is 1. The zero-order valence-corrected chi connectivity index (χ0v) is 11.2. The number of hydrogen-bond acceptors (Lipinski definition) is 2. The van der Waals surface area contributed by atoms with Gasteiger partial charge in [-0.2, -0.15) is 0 Å². The van der Waals surface area contributed by atoms with Gasteiger partial charge in [0.25, 0.3) is 0 Å². The Morgan fingerprint density at radius 3 is 2.65 bits per heavy atom. The number of carboxylic acids is 1. The number of nitrogens with zero attached hydrogens (tertiary/aromatic N) is 1. The van der Waals surface area contributed by atoms with E-state index in [1.807, 2.05) is 0 Å². The largest absolute Gasteiger partial charge is 0.481 e. The first-order valence-corrected chi connectivity index (χ1v) is 7.13. The van der Waals surface area contributed by atoms with Gasteiger partial charge in [0.1, 0.15) is 5.82 Å². The van der Waals surface area contributed by atoms with Crippen LogP contribution in [-0.4, -0.2) is 27.0 Å². The molecule has 1 aromatic heterocycles. The number of aliphatic carboxylic acids is 1. The van der Waals surface area contributed by atoms with Crippen LogP contribution < -0.4 is 0 Å². The molecule has 0 radical (unpaired) electrons. The monoisotopic (exact) mass is 284 g/mol. The van der Waals surface area contributed by atoms with Crippen molar-refractivity contribution in [2.24, 2.45) is 5.92 Å². The maximum atomic E-state index is 13.2. The van der Waals surface area contributed by atoms with Crippen molar-refractivity contribution in [3.63, 3.8) is 0 Å². The second kappa shape index (κ2) is 4.82. The molecule has 2 N–H and O–H groups in total. The topological polar surface area (TPSA) is 66.0 Å². The molecule has 0 amide bonds. The first kappa shape index (κ1) is 13.5. The van der Waals surface area contributed by atoms with Crippen molar-refractivity contribution in [2.45, 2.75) is 56.8 Å². The second-order valence-electron chi connectivity index (χ2n) is 5.96. The van der Waals surface area contributed by atoms with Gasteiger partial charge >= 0.3 is 5.97 Å². The minimum atomic E-state index is -2.53. The number of alkyl halides is 2. The standard InChI is InChI=1S/C14H18F2N2O2/c15-14(16)5-3-8(4-6-14)12-17-10-2-1-9(13(19)20)7-11(10)18-12/h8-9H,1-7H2,(H,17,18)(H,19,20). The van der Waals surface area contributed by atoms with Crippen LogP contribution in [0.5, 0.6) is 0 Å². The van der Waals surface area contributed by atoms with E-state index in [0.717, 1.165) is 17.2 Å². The molecule has 0 spiro atoms. The fraction of sp³-hybridized carbons (Fsp3) is 0.714. The highest BCUT2D eigenvalue weighted by molar-refractivity contribution is 5.70. The summed E-state index contributed by atoms with van der Waals surface area (Å²) >= 11 is 0. The van der Waals surface area contributed by atoms with E-state index in [9.17, 15) is 13.6 Å². The molecule has 1 unspecified atom stereocenters. The van der Waals surface area contributed by atoms with Gasteiger partial charge in [0.05, 0.1) is 11.6 Å². The van der Waals surface area contributed by atoms with Crippen LogP contribution in [0, 0.1) is 5.92 Å². The van der Waals surface area contributed by atoms with E-state index in [-0.39, 0.29) is 24.7 Å². The summed E-state index contributed by atoms with van der Waals surface area (Å²) in [5.74, 6) is -2.83. The normalized spacial score (nSPS) is 26.2. The van der Waals surface area contributed by atoms with Crippen LogP contribution in [0.3, 0.4) is 0 Å². The van der Waals surface area contributed by atoms with E-state index < -0.39 is 11.9 Å². The van der Waals surface area contributed by atoms with Gasteiger partial charge in [-0.15, -0.1) is 0 Å². The first-order valence-electron chi connectivity index (χ1n) is 7.13. The van der Waals surface area contributed by atoms with Crippen molar-refractivity contribution in [1.29, 1.82) is 0 Å². The van der Waals surface area contributed by atoms with Crippen molar-refractivity contribution in [3.05, 3.63) is 17.2 Å². The van der Waals surface area contributed by atoms with E-state index in [4.69, 9.17) is 5.11 Å². The zero-order chi connectivity index (χ0) is 14.3. The van der Waals surface area contributed by atoms with E-state index in [0.29, 0.717) is 32.1 Å². The Bertz CT molecular complexity index is 517. The van der Waals surface area contributed by atoms with Gasteiger partial charge in [-0.3, -0.25) is 4.79 Å². The Balaban J connectivity index is 1.73. The van der Waals surface area contributed by atoms with Crippen molar-refractivity contribution in [3.8, 4) is 0 Å². The number of H-pyrrole nitrogens is 1. The predicted octanol–water partition coefficient (Wildman–Crippen LogP) is 2.89. The minimum absolute atomic E-state index is 0.0588. The Labute approximate surface area is 115 Å². The van der Waals surface area contributed by atoms with Crippen molar-refractivity contribution >= 4 is 5.97 Å². The molecule has 0 aliphatic heterocycles. The number of fused-ring (bicyclic) bond motifs is 1. The molecule has 2 aliphatic rings. The quantitative estimate of drug-likeness (QED) is 0.877. The molecule has 1 fully saturated rings. The van der Waals surface area contributed by atoms with Gasteiger partial charge in [-0.25, -0.2) is 13.8 Å². The van der Waals surface area contributed by atoms with E-state index in [2.05, 4.69) is 9.97 Å². The highest BCUT2D eigenvalue weighted by Gasteiger charge is 2.37. The number of carboxylic acid groups (broad SMARTS) is 1. The maximum absolute atomic E-state index is 13.2. The van der Waals surface area contributed by atoms with Crippen LogP contribution in [0.4, 0.5) is 8.78 Å². The van der Waals surface area contributed by atoms with Gasteiger partial charge in [-0.1, -0.05) is 0 Å². The van der Waals surface area contributed by atoms with E-state index in [1.165, 1.54) is 0 Å². The average molecular weight is 284 g/mol. The second-order valence-corrected chi connectivity index (χ2v) is 5.96. The zero-order valence-electron chi connectivity index (χ0n) is 11.2. The molecule has 1 aromatic rings. The van der Waals surface area contributed by atoms with E-state index in [1.54, 1.807) is 0 Å². The number of rotatable bonds is 2. The molecule has 6 heteroatoms. The predicted molar refractivity (Wildman–Crippen MR) is 67.9 cm³/mol. The highest BCUT2D eigenvalue weighted by atomic mass is 19.3. The lowest BCUT2D eigenvalue weighted by molar-refractivity contribution is -0.142. The van der Waals surface area contributed by atoms with Crippen molar-refractivity contribution in [1.82, 2.24) is 9.97 Å². The van der Waals surface area contributed by atoms with Crippen LogP contribution in [0.2, 0.25) is 0 Å². The molecular weight excluding hydrogens is 266 g/mol. The average Bonchev–Trinajstić information content (AvgIpc) is 2.81. The van der Waals surface area contributed by atoms with Gasteiger partial charge in [0.2, 0.25) is 5.92 Å². The van der Waals surface area contributed by atoms with E-state index >= 15 is 0 Å². The van der Waals surface area contributed by atoms with Crippen LogP contribution >= 0.6 is 0 Å². The molecule has 0 aromatic carbocycles. The summed E-state index contributed by atoms with van der Waals surface area (Å²) in [6.45, 7) is 0. The molecule has 20 heavy (non-hydrogen) atoms. The summed E-state index contributed by atoms with van der Waals surface area (Å²) in [7, 11) is 0. The van der Waals surface area contributed by atoms with Crippen molar-refractivity contribution in [2.75, 3.05) is 0 Å². The summed E-state index contributed by atoms with van der Waals surface area (Å²) in [6, 6.07) is 0. The van der Waals surface area contributed by atoms with Crippen LogP contribution in [-0.2, 0) is 17.6 Å². The Morgan fingerprint density at radius 1 is 1.30 bits per heavy atom. The Hall–Kier alpha value is -1.46. The molecule has 3 rings (SSSR count). The van der Waals surface area contributed by atoms with Crippen molar-refractivity contribution < 1.29 is 18.7 Å². The van der Waals surface area contributed by atoms with Gasteiger partial charge in [0, 0.05) is 30.9 Å². The highest BCUT2D eigenvalue weighted by Crippen LogP contribution is 2.40. The number of imidazole rings is 1. The molecular formula is C14H18F2N2O2. The number of aromatic nitrogens is 2. The third-order valence-corrected chi connectivity index (χ3v) is 4.52. The van der Waals surface area contributed by atoms with Crippen LogP contribution in [0.1, 0.15) is 55.2 Å². The summed E-state index contributed by atoms with van der Waals surface area (Å²) in [6.07, 6.45) is 2.46. The number of aromatic amines is 1. The summed E-state index contributed by atoms with van der Waals surface area (Å²) < 4.78 is 26.3. The molecule has 2 aliphatic carbocycles. The molecule has 0 saturated heterocycles. The number of nitrogens with one attached hydrogen (secondary N) is 1. The SMILES string of the molecule is O=C(O)C1CCc2nc(C3CCC(F)(F)CC3)[nH]c2C1. The van der Waals surface area contributed by atoms with Gasteiger partial charge in [0.15, 0.2) is 0 Å².